The quantitative estimate of drug-likeness (QED) is 0.255. The van der Waals surface area contributed by atoms with Gasteiger partial charge in [-0.2, -0.15) is 0 Å². The lowest BCUT2D eigenvalue weighted by molar-refractivity contribution is -0.140. The molecule has 0 bridgehead atoms. The van der Waals surface area contributed by atoms with Crippen LogP contribution in [0.15, 0.2) is 24.8 Å². The molecular formula is C19H30O3. The molecule has 1 atom stereocenters. The normalized spacial score (nSPS) is 11.7. The number of hydrogen-bond donors (Lipinski definition) is 1. The first-order valence-electron chi connectivity index (χ1n) is 8.22. The van der Waals surface area contributed by atoms with Gasteiger partial charge in [0.1, 0.15) is 6.10 Å². The first-order chi connectivity index (χ1) is 10.7. The Hall–Kier alpha value is -1.53. The van der Waals surface area contributed by atoms with E-state index in [1.165, 1.54) is 13.5 Å². The number of aliphatic hydroxyl groups is 1. The number of methoxy groups -OCH3 is 1. The van der Waals surface area contributed by atoms with Crippen LogP contribution in [0.5, 0.6) is 0 Å². The van der Waals surface area contributed by atoms with E-state index in [1.54, 1.807) is 0 Å². The Balaban J connectivity index is 3.51. The molecule has 3 heteroatoms. The lowest BCUT2D eigenvalue weighted by Crippen LogP contribution is -2.02. The third kappa shape index (κ3) is 14.9. The zero-order valence-electron chi connectivity index (χ0n) is 13.9. The molecule has 0 rings (SSSR count). The Morgan fingerprint density at radius 1 is 1.18 bits per heavy atom. The Bertz CT molecular complexity index is 374. The van der Waals surface area contributed by atoms with E-state index < -0.39 is 6.10 Å². The van der Waals surface area contributed by atoms with Gasteiger partial charge in [0.25, 0.3) is 0 Å². The Labute approximate surface area is 135 Å². The highest BCUT2D eigenvalue weighted by Gasteiger charge is 2.01. The van der Waals surface area contributed by atoms with Crippen molar-refractivity contribution in [2.24, 2.45) is 0 Å². The molecule has 3 nitrogen and oxygen atoms in total. The number of carbonyl (C=O) groups excluding carboxylic acids is 1. The molecule has 0 aromatic heterocycles. The molecule has 1 N–H and O–H groups in total. The summed E-state index contributed by atoms with van der Waals surface area (Å²) in [6, 6.07) is 0. The van der Waals surface area contributed by atoms with Crippen molar-refractivity contribution in [1.82, 2.24) is 0 Å². The zero-order valence-corrected chi connectivity index (χ0v) is 13.9. The molecule has 0 aromatic rings. The smallest absolute Gasteiger partial charge is 0.305 e. The van der Waals surface area contributed by atoms with Gasteiger partial charge < -0.3 is 9.84 Å². The first-order valence-corrected chi connectivity index (χ1v) is 8.22. The molecule has 0 amide bonds. The van der Waals surface area contributed by atoms with Crippen LogP contribution in [0.3, 0.4) is 0 Å². The van der Waals surface area contributed by atoms with Gasteiger partial charge in [0.2, 0.25) is 0 Å². The number of esters is 1. The van der Waals surface area contributed by atoms with E-state index in [0.717, 1.165) is 44.9 Å². The highest BCUT2D eigenvalue weighted by molar-refractivity contribution is 5.68. The van der Waals surface area contributed by atoms with Gasteiger partial charge in [0, 0.05) is 6.42 Å². The van der Waals surface area contributed by atoms with Gasteiger partial charge in [-0.05, 0) is 51.0 Å². The minimum absolute atomic E-state index is 0.151. The van der Waals surface area contributed by atoms with E-state index in [1.807, 2.05) is 12.2 Å². The summed E-state index contributed by atoms with van der Waals surface area (Å²) < 4.78 is 4.58. The second-order valence-electron chi connectivity index (χ2n) is 5.31. The summed E-state index contributed by atoms with van der Waals surface area (Å²) >= 11 is 0. The van der Waals surface area contributed by atoms with Gasteiger partial charge in [-0.3, -0.25) is 4.79 Å². The van der Waals surface area contributed by atoms with Crippen LogP contribution in [0, 0.1) is 11.8 Å². The third-order valence-electron chi connectivity index (χ3n) is 3.32. The molecule has 0 heterocycles. The van der Waals surface area contributed by atoms with E-state index in [2.05, 4.69) is 29.2 Å². The number of allylic oxidation sites excluding steroid dienone is 3. The Morgan fingerprint density at radius 2 is 1.91 bits per heavy atom. The number of carbonyl (C=O) groups is 1. The number of aliphatic hydroxyl groups excluding tert-OH is 1. The highest BCUT2D eigenvalue weighted by atomic mass is 16.5. The maximum Gasteiger partial charge on any atom is 0.305 e. The van der Waals surface area contributed by atoms with E-state index in [0.29, 0.717) is 12.8 Å². The average molecular weight is 306 g/mol. The van der Waals surface area contributed by atoms with Crippen molar-refractivity contribution in [3.05, 3.63) is 24.8 Å². The predicted molar refractivity (Wildman–Crippen MR) is 91.3 cm³/mol. The van der Waals surface area contributed by atoms with Crippen LogP contribution in [-0.4, -0.2) is 24.3 Å². The predicted octanol–water partition coefficient (Wildman–Crippen LogP) is 4.17. The summed E-state index contributed by atoms with van der Waals surface area (Å²) in [5.41, 5.74) is 0. The molecule has 0 aliphatic heterocycles. The highest BCUT2D eigenvalue weighted by Crippen LogP contribution is 2.07. The molecule has 1 unspecified atom stereocenters. The van der Waals surface area contributed by atoms with Crippen molar-refractivity contribution >= 4 is 5.97 Å². The topological polar surface area (TPSA) is 46.5 Å². The molecule has 0 aliphatic carbocycles. The van der Waals surface area contributed by atoms with E-state index >= 15 is 0 Å². The maximum atomic E-state index is 10.9. The van der Waals surface area contributed by atoms with Crippen LogP contribution >= 0.6 is 0 Å². The summed E-state index contributed by atoms with van der Waals surface area (Å²) in [5, 5.41) is 9.71. The van der Waals surface area contributed by atoms with Gasteiger partial charge in [0.15, 0.2) is 0 Å². The van der Waals surface area contributed by atoms with E-state index in [-0.39, 0.29) is 5.97 Å². The van der Waals surface area contributed by atoms with Crippen LogP contribution in [0.4, 0.5) is 0 Å². The zero-order chi connectivity index (χ0) is 16.5. The average Bonchev–Trinajstić information content (AvgIpc) is 2.52. The van der Waals surface area contributed by atoms with Gasteiger partial charge >= 0.3 is 5.97 Å². The molecular weight excluding hydrogens is 276 g/mol. The van der Waals surface area contributed by atoms with Crippen molar-refractivity contribution < 1.29 is 14.6 Å². The first kappa shape index (κ1) is 20.5. The largest absolute Gasteiger partial charge is 0.469 e. The fourth-order valence-electron chi connectivity index (χ4n) is 1.97. The summed E-state index contributed by atoms with van der Waals surface area (Å²) in [6.45, 7) is 3.69. The van der Waals surface area contributed by atoms with Crippen LogP contribution < -0.4 is 0 Å². The van der Waals surface area contributed by atoms with Crippen molar-refractivity contribution in [3.8, 4) is 11.8 Å². The molecule has 0 radical (unpaired) electrons. The van der Waals surface area contributed by atoms with Crippen molar-refractivity contribution in [2.75, 3.05) is 7.11 Å². The molecule has 0 aliphatic rings. The summed E-state index contributed by atoms with van der Waals surface area (Å²) in [6.07, 6.45) is 14.6. The standard InChI is InChI=1S/C19H30O3/c1-3-4-5-6-7-8-9-12-15-18(20)16-13-10-11-14-17-19(21)22-2/h3,8-9,18,20H,1,4-7,10-11,13-14,16-17H2,2H3. The molecule has 0 spiro atoms. The summed E-state index contributed by atoms with van der Waals surface area (Å²) in [7, 11) is 1.41. The molecule has 0 saturated carbocycles. The fourth-order valence-corrected chi connectivity index (χ4v) is 1.97. The third-order valence-corrected chi connectivity index (χ3v) is 3.32. The summed E-state index contributed by atoms with van der Waals surface area (Å²) in [4.78, 5) is 10.9. The van der Waals surface area contributed by atoms with Gasteiger partial charge in [-0.25, -0.2) is 0 Å². The lowest BCUT2D eigenvalue weighted by atomic mass is 10.1. The molecule has 0 saturated heterocycles. The number of unbranched alkanes of at least 4 members (excludes halogenated alkanes) is 6. The van der Waals surface area contributed by atoms with Gasteiger partial charge in [-0.1, -0.05) is 36.8 Å². The number of rotatable bonds is 12. The van der Waals surface area contributed by atoms with Crippen LogP contribution in [-0.2, 0) is 9.53 Å². The van der Waals surface area contributed by atoms with Crippen molar-refractivity contribution in [2.45, 2.75) is 70.3 Å². The molecule has 0 fully saturated rings. The monoisotopic (exact) mass is 306 g/mol. The SMILES string of the molecule is C=CCCCCC=CC#CC(O)CCCCCCC(=O)OC. The van der Waals surface area contributed by atoms with Crippen LogP contribution in [0.2, 0.25) is 0 Å². The van der Waals surface area contributed by atoms with Crippen LogP contribution in [0.1, 0.15) is 64.2 Å². The van der Waals surface area contributed by atoms with Gasteiger partial charge in [0.05, 0.1) is 7.11 Å². The van der Waals surface area contributed by atoms with Crippen molar-refractivity contribution in [1.29, 1.82) is 0 Å². The second-order valence-corrected chi connectivity index (χ2v) is 5.31. The Kier molecular flexibility index (Phi) is 14.7. The summed E-state index contributed by atoms with van der Waals surface area (Å²) in [5.74, 6) is 5.57. The van der Waals surface area contributed by atoms with E-state index in [4.69, 9.17) is 0 Å². The lowest BCUT2D eigenvalue weighted by Gasteiger charge is -2.03. The molecule has 22 heavy (non-hydrogen) atoms. The van der Waals surface area contributed by atoms with Crippen LogP contribution in [0.25, 0.3) is 0 Å². The molecule has 124 valence electrons. The van der Waals surface area contributed by atoms with Crippen molar-refractivity contribution in [3.63, 3.8) is 0 Å². The second kappa shape index (κ2) is 15.9. The molecule has 0 aromatic carbocycles. The van der Waals surface area contributed by atoms with Gasteiger partial charge in [-0.15, -0.1) is 6.58 Å². The van der Waals surface area contributed by atoms with E-state index in [9.17, 15) is 9.90 Å². The fraction of sp³-hybridized carbons (Fsp3) is 0.632. The number of hydrogen-bond acceptors (Lipinski definition) is 3. The maximum absolute atomic E-state index is 10.9. The minimum atomic E-state index is -0.550. The number of ether oxygens (including phenoxy) is 1. The Morgan fingerprint density at radius 3 is 2.64 bits per heavy atom. The minimum Gasteiger partial charge on any atom is -0.469 e.